The number of rotatable bonds is 7. The molecule has 0 radical (unpaired) electrons. The molecule has 3 aromatic heterocycles. The van der Waals surface area contributed by atoms with Gasteiger partial charge in [0.25, 0.3) is 0 Å². The van der Waals surface area contributed by atoms with Gasteiger partial charge in [0.2, 0.25) is 0 Å². The first-order chi connectivity index (χ1) is 31.8. The second-order valence-corrected chi connectivity index (χ2v) is 20.7. The summed E-state index contributed by atoms with van der Waals surface area (Å²) in [7, 11) is -2.85. The van der Waals surface area contributed by atoms with Gasteiger partial charge in [-0.25, -0.2) is 0 Å². The van der Waals surface area contributed by atoms with Gasteiger partial charge in [-0.3, -0.25) is 0 Å². The molecule has 300 valence electrons. The van der Waals surface area contributed by atoms with E-state index < -0.39 is 8.07 Å². The minimum atomic E-state index is -2.85. The van der Waals surface area contributed by atoms with Crippen molar-refractivity contribution in [2.45, 2.75) is 0 Å². The molecule has 0 unspecified atom stereocenters. The summed E-state index contributed by atoms with van der Waals surface area (Å²) in [6.45, 7) is 0. The van der Waals surface area contributed by atoms with Crippen molar-refractivity contribution < 1.29 is 0 Å². The van der Waals surface area contributed by atoms with Crippen LogP contribution in [-0.2, 0) is 0 Å². The molecule has 3 heterocycles. The van der Waals surface area contributed by atoms with Crippen LogP contribution < -0.4 is 20.7 Å². The topological polar surface area (TPSA) is 14.8 Å². The van der Waals surface area contributed by atoms with E-state index in [0.29, 0.717) is 0 Å². The van der Waals surface area contributed by atoms with Crippen LogP contribution in [0.5, 0.6) is 0 Å². The van der Waals surface area contributed by atoms with Crippen molar-refractivity contribution in [3.05, 3.63) is 249 Å². The Balaban J connectivity index is 1.02. The highest BCUT2D eigenvalue weighted by atomic mass is 28.3. The van der Waals surface area contributed by atoms with Crippen LogP contribution in [0.25, 0.3) is 82.5 Å². The van der Waals surface area contributed by atoms with Gasteiger partial charge >= 0.3 is 0 Å². The SMILES string of the molecule is c1ccc(-n2c3ccccc3c3cc4c(cc32)c2ccccc2n4-c2ccc([Si](c3ccccc3)(c3ccccc3)c3ccc(-n4c5ccccc5c5ccccc54)cc3)cc2)cc1. The molecule has 4 heteroatoms. The summed E-state index contributed by atoms with van der Waals surface area (Å²) < 4.78 is 7.30. The van der Waals surface area contributed by atoms with Crippen molar-refractivity contribution in [1.82, 2.24) is 13.7 Å². The number of benzene rings is 10. The summed E-state index contributed by atoms with van der Waals surface area (Å²) >= 11 is 0. The van der Waals surface area contributed by atoms with Crippen LogP contribution in [0, 0.1) is 0 Å². The summed E-state index contributed by atoms with van der Waals surface area (Å²) in [5.74, 6) is 0. The van der Waals surface area contributed by atoms with Crippen LogP contribution in [-0.4, -0.2) is 21.8 Å². The average molecular weight is 832 g/mol. The molecule has 64 heavy (non-hydrogen) atoms. The summed E-state index contributed by atoms with van der Waals surface area (Å²) in [5.41, 5.74) is 10.7. The largest absolute Gasteiger partial charge is 0.309 e. The van der Waals surface area contributed by atoms with Crippen LogP contribution in [0.1, 0.15) is 0 Å². The Kier molecular flexibility index (Phi) is 8.23. The van der Waals surface area contributed by atoms with E-state index in [1.54, 1.807) is 0 Å². The van der Waals surface area contributed by atoms with E-state index in [1.807, 2.05) is 0 Å². The van der Waals surface area contributed by atoms with Crippen molar-refractivity contribution in [3.63, 3.8) is 0 Å². The third-order valence-corrected chi connectivity index (χ3v) is 18.4. The third-order valence-electron chi connectivity index (χ3n) is 13.6. The Hall–Kier alpha value is -8.18. The van der Waals surface area contributed by atoms with Crippen molar-refractivity contribution in [1.29, 1.82) is 0 Å². The highest BCUT2D eigenvalue weighted by molar-refractivity contribution is 7.19. The Morgan fingerprint density at radius 1 is 0.203 bits per heavy atom. The molecule has 0 aliphatic carbocycles. The van der Waals surface area contributed by atoms with Crippen molar-refractivity contribution in [2.75, 3.05) is 0 Å². The maximum absolute atomic E-state index is 2.85. The molecule has 0 aliphatic heterocycles. The quantitative estimate of drug-likeness (QED) is 0.112. The smallest absolute Gasteiger partial charge is 0.179 e. The third kappa shape index (κ3) is 5.33. The molecule has 0 fully saturated rings. The molecule has 0 N–H and O–H groups in total. The number of hydrogen-bond donors (Lipinski definition) is 0. The molecular weight excluding hydrogens is 791 g/mol. The molecule has 0 saturated heterocycles. The van der Waals surface area contributed by atoms with Crippen molar-refractivity contribution in [3.8, 4) is 17.1 Å². The van der Waals surface area contributed by atoms with Gasteiger partial charge in [0.1, 0.15) is 0 Å². The first-order valence-electron chi connectivity index (χ1n) is 22.1. The van der Waals surface area contributed by atoms with Gasteiger partial charge in [-0.05, 0) is 93.5 Å². The van der Waals surface area contributed by atoms with Crippen LogP contribution in [0.3, 0.4) is 0 Å². The Morgan fingerprint density at radius 2 is 0.469 bits per heavy atom. The Morgan fingerprint density at radius 3 is 0.844 bits per heavy atom. The summed E-state index contributed by atoms with van der Waals surface area (Å²) in [6, 6.07) is 92.3. The van der Waals surface area contributed by atoms with Crippen molar-refractivity contribution >= 4 is 94.2 Å². The number of fused-ring (bicyclic) bond motifs is 9. The van der Waals surface area contributed by atoms with Crippen LogP contribution in [0.4, 0.5) is 0 Å². The highest BCUT2D eigenvalue weighted by Crippen LogP contribution is 2.39. The second kappa shape index (κ2) is 14.5. The van der Waals surface area contributed by atoms with E-state index in [9.17, 15) is 0 Å². The lowest BCUT2D eigenvalue weighted by Crippen LogP contribution is -2.74. The number of nitrogens with zero attached hydrogens (tertiary/aromatic N) is 3. The fourth-order valence-electron chi connectivity index (χ4n) is 10.9. The van der Waals surface area contributed by atoms with E-state index in [0.717, 1.165) is 11.4 Å². The van der Waals surface area contributed by atoms with Gasteiger partial charge in [0.05, 0.1) is 33.1 Å². The first-order valence-corrected chi connectivity index (χ1v) is 24.1. The molecule has 10 aromatic carbocycles. The Bertz CT molecular complexity index is 3770. The predicted molar refractivity (Wildman–Crippen MR) is 273 cm³/mol. The molecule has 13 aromatic rings. The molecule has 0 saturated carbocycles. The van der Waals surface area contributed by atoms with E-state index in [1.165, 1.54) is 91.9 Å². The minimum Gasteiger partial charge on any atom is -0.309 e. The average Bonchev–Trinajstić information content (AvgIpc) is 4.00. The van der Waals surface area contributed by atoms with Gasteiger partial charge in [-0.15, -0.1) is 0 Å². The summed E-state index contributed by atoms with van der Waals surface area (Å²) in [5, 5.41) is 12.9. The molecule has 0 atom stereocenters. The normalized spacial score (nSPS) is 12.1. The zero-order valence-electron chi connectivity index (χ0n) is 35.0. The molecule has 13 rings (SSSR count). The van der Waals surface area contributed by atoms with Gasteiger partial charge in [-0.1, -0.05) is 176 Å². The van der Waals surface area contributed by atoms with Crippen LogP contribution >= 0.6 is 0 Å². The summed E-state index contributed by atoms with van der Waals surface area (Å²) in [6.07, 6.45) is 0. The van der Waals surface area contributed by atoms with E-state index in [2.05, 4.69) is 262 Å². The highest BCUT2D eigenvalue weighted by Gasteiger charge is 2.41. The zero-order chi connectivity index (χ0) is 42.2. The first kappa shape index (κ1) is 36.5. The molecule has 3 nitrogen and oxygen atoms in total. The van der Waals surface area contributed by atoms with Gasteiger partial charge in [0.15, 0.2) is 8.07 Å². The van der Waals surface area contributed by atoms with E-state index in [-0.39, 0.29) is 0 Å². The van der Waals surface area contributed by atoms with Gasteiger partial charge in [-0.2, -0.15) is 0 Å². The zero-order valence-corrected chi connectivity index (χ0v) is 36.0. The lowest BCUT2D eigenvalue weighted by atomic mass is 10.1. The van der Waals surface area contributed by atoms with Gasteiger partial charge < -0.3 is 13.7 Å². The van der Waals surface area contributed by atoms with E-state index in [4.69, 9.17) is 0 Å². The number of hydrogen-bond acceptors (Lipinski definition) is 0. The lowest BCUT2D eigenvalue weighted by Gasteiger charge is -2.34. The maximum Gasteiger partial charge on any atom is 0.179 e. The predicted octanol–water partition coefficient (Wildman–Crippen LogP) is 12.4. The Labute approximate surface area is 372 Å². The molecule has 0 spiro atoms. The fourth-order valence-corrected chi connectivity index (χ4v) is 15.6. The molecule has 0 bridgehead atoms. The lowest BCUT2D eigenvalue weighted by molar-refractivity contribution is 1.17. The van der Waals surface area contributed by atoms with Crippen LogP contribution in [0.15, 0.2) is 249 Å². The van der Waals surface area contributed by atoms with E-state index >= 15 is 0 Å². The second-order valence-electron chi connectivity index (χ2n) is 16.9. The molecular formula is C60H41N3Si. The molecule has 0 aliphatic rings. The minimum absolute atomic E-state index is 1.15. The number of aromatic nitrogens is 3. The monoisotopic (exact) mass is 831 g/mol. The van der Waals surface area contributed by atoms with Crippen molar-refractivity contribution in [2.24, 2.45) is 0 Å². The fraction of sp³-hybridized carbons (Fsp3) is 0. The maximum atomic E-state index is 2.47. The van der Waals surface area contributed by atoms with Crippen LogP contribution in [0.2, 0.25) is 0 Å². The molecule has 0 amide bonds. The standard InChI is InChI=1S/C60H41N3Si/c1-4-18-42(19-5-1)62-57-30-16-12-26-51(57)53-41-60-54(40-59(53)62)52-27-13-17-31-58(52)63(60)44-34-38-48(39-35-44)64(45-20-6-2-7-21-45,46-22-8-3-9-23-46)47-36-32-43(33-37-47)61-55-28-14-10-24-49(55)50-25-11-15-29-56(50)61/h1-41H. The number of para-hydroxylation sites is 5. The summed E-state index contributed by atoms with van der Waals surface area (Å²) in [4.78, 5) is 0. The van der Waals surface area contributed by atoms with Gasteiger partial charge in [0, 0.05) is 49.4 Å².